The molecule has 0 aliphatic carbocycles. The third kappa shape index (κ3) is 3.74. The summed E-state index contributed by atoms with van der Waals surface area (Å²) in [6.45, 7) is 3.49. The zero-order valence-electron chi connectivity index (χ0n) is 9.86. The van der Waals surface area contributed by atoms with Crippen LogP contribution in [-0.4, -0.2) is 20.1 Å². The van der Waals surface area contributed by atoms with Gasteiger partial charge >= 0.3 is 0 Å². The summed E-state index contributed by atoms with van der Waals surface area (Å²) in [4.78, 5) is 11.7. The lowest BCUT2D eigenvalue weighted by atomic mass is 10.1. The molecule has 0 atom stereocenters. The molecule has 0 fully saturated rings. The molecule has 0 bridgehead atoms. The minimum atomic E-state index is -3.53. The molecule has 0 spiro atoms. The Morgan fingerprint density at radius 3 is 2.59 bits per heavy atom. The second kappa shape index (κ2) is 5.18. The Morgan fingerprint density at radius 2 is 2.06 bits per heavy atom. The van der Waals surface area contributed by atoms with Crippen LogP contribution < -0.4 is 10.5 Å². The molecule has 17 heavy (non-hydrogen) atoms. The molecule has 0 radical (unpaired) electrons. The van der Waals surface area contributed by atoms with E-state index in [1.807, 2.05) is 4.72 Å². The molecular formula is C11H16N2O3S. The van der Waals surface area contributed by atoms with Crippen molar-refractivity contribution in [2.75, 3.05) is 11.5 Å². The first-order chi connectivity index (χ1) is 7.85. The average molecular weight is 256 g/mol. The van der Waals surface area contributed by atoms with Gasteiger partial charge in [-0.15, -0.1) is 0 Å². The topological polar surface area (TPSA) is 89.3 Å². The molecule has 0 heterocycles. The maximum Gasteiger partial charge on any atom is 0.264 e. The highest BCUT2D eigenvalue weighted by molar-refractivity contribution is 7.90. The van der Waals surface area contributed by atoms with E-state index in [-0.39, 0.29) is 11.3 Å². The summed E-state index contributed by atoms with van der Waals surface area (Å²) in [6.07, 6.45) is 0.462. The summed E-state index contributed by atoms with van der Waals surface area (Å²) in [5, 5.41) is 0. The van der Waals surface area contributed by atoms with E-state index >= 15 is 0 Å². The quantitative estimate of drug-likeness (QED) is 0.788. The standard InChI is InChI=1S/C11H16N2O3S/c1-3-6-17(15,16)13-11(14)9-4-5-10(12)8(2)7-9/h4-5,7H,3,6,12H2,1-2H3,(H,13,14). The molecule has 0 aromatic heterocycles. The highest BCUT2D eigenvalue weighted by Crippen LogP contribution is 2.12. The van der Waals surface area contributed by atoms with Gasteiger partial charge in [0, 0.05) is 11.3 Å². The van der Waals surface area contributed by atoms with E-state index < -0.39 is 15.9 Å². The average Bonchev–Trinajstić information content (AvgIpc) is 2.21. The number of hydrogen-bond acceptors (Lipinski definition) is 4. The SMILES string of the molecule is CCCS(=O)(=O)NC(=O)c1ccc(N)c(C)c1. The summed E-state index contributed by atoms with van der Waals surface area (Å²) in [5.41, 5.74) is 7.21. The third-order valence-electron chi connectivity index (χ3n) is 2.25. The fraction of sp³-hybridized carbons (Fsp3) is 0.364. The van der Waals surface area contributed by atoms with Gasteiger partial charge in [-0.3, -0.25) is 4.79 Å². The van der Waals surface area contributed by atoms with Gasteiger partial charge in [-0.05, 0) is 37.1 Å². The molecular weight excluding hydrogens is 240 g/mol. The van der Waals surface area contributed by atoms with Crippen molar-refractivity contribution in [3.05, 3.63) is 29.3 Å². The molecule has 94 valence electrons. The van der Waals surface area contributed by atoms with E-state index in [0.717, 1.165) is 5.56 Å². The highest BCUT2D eigenvalue weighted by Gasteiger charge is 2.15. The van der Waals surface area contributed by atoms with Gasteiger partial charge in [-0.25, -0.2) is 13.1 Å². The normalized spacial score (nSPS) is 11.2. The minimum Gasteiger partial charge on any atom is -0.399 e. The number of aryl methyl sites for hydroxylation is 1. The van der Waals surface area contributed by atoms with Crippen molar-refractivity contribution in [2.45, 2.75) is 20.3 Å². The van der Waals surface area contributed by atoms with Crippen molar-refractivity contribution in [3.8, 4) is 0 Å². The Morgan fingerprint density at radius 1 is 1.41 bits per heavy atom. The number of anilines is 1. The van der Waals surface area contributed by atoms with Crippen LogP contribution in [0.4, 0.5) is 5.69 Å². The van der Waals surface area contributed by atoms with Crippen molar-refractivity contribution in [1.82, 2.24) is 4.72 Å². The molecule has 1 aromatic carbocycles. The van der Waals surface area contributed by atoms with Crippen molar-refractivity contribution in [3.63, 3.8) is 0 Å². The Kier molecular flexibility index (Phi) is 4.11. The highest BCUT2D eigenvalue weighted by atomic mass is 32.2. The molecule has 0 aliphatic heterocycles. The predicted molar refractivity (Wildman–Crippen MR) is 67.1 cm³/mol. The van der Waals surface area contributed by atoms with Crippen LogP contribution >= 0.6 is 0 Å². The molecule has 1 amide bonds. The van der Waals surface area contributed by atoms with Crippen LogP contribution in [0.2, 0.25) is 0 Å². The van der Waals surface area contributed by atoms with Crippen LogP contribution in [0.3, 0.4) is 0 Å². The minimum absolute atomic E-state index is 0.0628. The van der Waals surface area contributed by atoms with E-state index in [4.69, 9.17) is 5.73 Å². The fourth-order valence-electron chi connectivity index (χ4n) is 1.34. The monoisotopic (exact) mass is 256 g/mol. The van der Waals surface area contributed by atoms with Crippen LogP contribution in [0.5, 0.6) is 0 Å². The van der Waals surface area contributed by atoms with Crippen molar-refractivity contribution >= 4 is 21.6 Å². The number of carbonyl (C=O) groups is 1. The first-order valence-electron chi connectivity index (χ1n) is 5.26. The van der Waals surface area contributed by atoms with Gasteiger partial charge in [0.2, 0.25) is 10.0 Å². The molecule has 0 saturated carbocycles. The maximum atomic E-state index is 11.7. The Labute approximate surface area is 101 Å². The fourth-order valence-corrected chi connectivity index (χ4v) is 2.38. The van der Waals surface area contributed by atoms with Crippen molar-refractivity contribution in [2.24, 2.45) is 0 Å². The number of nitrogens with one attached hydrogen (secondary N) is 1. The molecule has 0 saturated heterocycles. The largest absolute Gasteiger partial charge is 0.399 e. The zero-order valence-corrected chi connectivity index (χ0v) is 10.7. The van der Waals surface area contributed by atoms with Gasteiger partial charge in [0.1, 0.15) is 0 Å². The molecule has 5 nitrogen and oxygen atoms in total. The van der Waals surface area contributed by atoms with Gasteiger partial charge in [0.25, 0.3) is 5.91 Å². The first-order valence-corrected chi connectivity index (χ1v) is 6.92. The summed E-state index contributed by atoms with van der Waals surface area (Å²) < 4.78 is 24.8. The number of amides is 1. The molecule has 1 aromatic rings. The second-order valence-corrected chi connectivity index (χ2v) is 5.66. The van der Waals surface area contributed by atoms with E-state index in [2.05, 4.69) is 0 Å². The number of rotatable bonds is 4. The Hall–Kier alpha value is -1.56. The second-order valence-electron chi connectivity index (χ2n) is 3.82. The van der Waals surface area contributed by atoms with Crippen LogP contribution in [0.25, 0.3) is 0 Å². The summed E-state index contributed by atoms with van der Waals surface area (Å²) >= 11 is 0. The number of benzene rings is 1. The predicted octanol–water partition coefficient (Wildman–Crippen LogP) is 1.05. The lowest BCUT2D eigenvalue weighted by Crippen LogP contribution is -2.32. The maximum absolute atomic E-state index is 11.7. The molecule has 0 unspecified atom stereocenters. The number of sulfonamides is 1. The smallest absolute Gasteiger partial charge is 0.264 e. The van der Waals surface area contributed by atoms with E-state index in [1.165, 1.54) is 6.07 Å². The van der Waals surface area contributed by atoms with E-state index in [0.29, 0.717) is 12.1 Å². The summed E-state index contributed by atoms with van der Waals surface area (Å²) in [5.74, 6) is -0.686. The Balaban J connectivity index is 2.87. The van der Waals surface area contributed by atoms with E-state index in [1.54, 1.807) is 26.0 Å². The molecule has 0 aliphatic rings. The van der Waals surface area contributed by atoms with E-state index in [9.17, 15) is 13.2 Å². The lowest BCUT2D eigenvalue weighted by molar-refractivity contribution is 0.0981. The number of nitrogens with two attached hydrogens (primary N) is 1. The van der Waals surface area contributed by atoms with Crippen LogP contribution in [0, 0.1) is 6.92 Å². The van der Waals surface area contributed by atoms with Crippen molar-refractivity contribution < 1.29 is 13.2 Å². The van der Waals surface area contributed by atoms with Gasteiger partial charge < -0.3 is 5.73 Å². The number of hydrogen-bond donors (Lipinski definition) is 2. The van der Waals surface area contributed by atoms with Crippen LogP contribution in [-0.2, 0) is 10.0 Å². The lowest BCUT2D eigenvalue weighted by Gasteiger charge is -2.07. The van der Waals surface area contributed by atoms with Crippen LogP contribution in [0.1, 0.15) is 29.3 Å². The number of carbonyl (C=O) groups excluding carboxylic acids is 1. The zero-order chi connectivity index (χ0) is 13.1. The third-order valence-corrected chi connectivity index (χ3v) is 3.70. The van der Waals surface area contributed by atoms with Gasteiger partial charge in [-0.1, -0.05) is 6.92 Å². The van der Waals surface area contributed by atoms with Crippen molar-refractivity contribution in [1.29, 1.82) is 0 Å². The molecule has 3 N–H and O–H groups in total. The number of nitrogen functional groups attached to an aromatic ring is 1. The summed E-state index contributed by atoms with van der Waals surface area (Å²) in [7, 11) is -3.53. The van der Waals surface area contributed by atoms with Gasteiger partial charge in [0.05, 0.1) is 5.75 Å². The van der Waals surface area contributed by atoms with Gasteiger partial charge in [-0.2, -0.15) is 0 Å². The molecule has 6 heteroatoms. The first kappa shape index (κ1) is 13.5. The molecule has 1 rings (SSSR count). The van der Waals surface area contributed by atoms with Gasteiger partial charge in [0.15, 0.2) is 0 Å². The van der Waals surface area contributed by atoms with Crippen LogP contribution in [0.15, 0.2) is 18.2 Å². The Bertz CT molecular complexity index is 524. The summed E-state index contributed by atoms with van der Waals surface area (Å²) in [6, 6.07) is 4.64.